The average molecular weight is 287 g/mol. The third-order valence-corrected chi connectivity index (χ3v) is 3.86. The number of hydrogen-bond donors (Lipinski definition) is 2. The molecule has 1 aromatic heterocycles. The van der Waals surface area contributed by atoms with Crippen molar-refractivity contribution in [2.45, 2.75) is 12.6 Å². The number of aromatic nitrogens is 1. The molecule has 1 saturated heterocycles. The van der Waals surface area contributed by atoms with E-state index >= 15 is 0 Å². The second-order valence-electron chi connectivity index (χ2n) is 5.60. The van der Waals surface area contributed by atoms with Gasteiger partial charge in [-0.05, 0) is 24.6 Å². The molecule has 1 fully saturated rings. The molecule has 0 aliphatic carbocycles. The van der Waals surface area contributed by atoms with E-state index in [4.69, 9.17) is 4.74 Å². The molecule has 1 aliphatic heterocycles. The fraction of sp³-hybridized carbons (Fsp3) is 0.438. The molecule has 1 aliphatic rings. The summed E-state index contributed by atoms with van der Waals surface area (Å²) in [5.74, 6) is 0. The number of benzene rings is 1. The Hall–Kier alpha value is -1.69. The second kappa shape index (κ2) is 6.39. The van der Waals surface area contributed by atoms with Gasteiger partial charge in [0.2, 0.25) is 0 Å². The highest BCUT2D eigenvalue weighted by molar-refractivity contribution is 5.78. The molecular formula is C16H21N3O2. The number of nitrogens with one attached hydrogen (secondary N) is 2. The summed E-state index contributed by atoms with van der Waals surface area (Å²) in [6.45, 7) is 4.02. The zero-order valence-electron chi connectivity index (χ0n) is 12.3. The first kappa shape index (κ1) is 14.3. The van der Waals surface area contributed by atoms with Crippen molar-refractivity contribution in [2.75, 3.05) is 33.3 Å². The lowest BCUT2D eigenvalue weighted by molar-refractivity contribution is -0.0182. The van der Waals surface area contributed by atoms with Gasteiger partial charge in [-0.1, -0.05) is 18.2 Å². The number of morpholine rings is 1. The number of H-pyrrole nitrogens is 1. The van der Waals surface area contributed by atoms with Crippen LogP contribution in [0, 0.1) is 0 Å². The number of likely N-dealkylation sites (N-methyl/N-ethyl adjacent to an activating group) is 1. The predicted octanol–water partition coefficient (Wildman–Crippen LogP) is 0.948. The zero-order chi connectivity index (χ0) is 14.7. The summed E-state index contributed by atoms with van der Waals surface area (Å²) in [6.07, 6.45) is 0.197. The maximum absolute atomic E-state index is 12.0. The Morgan fingerprint density at radius 3 is 3.14 bits per heavy atom. The third kappa shape index (κ3) is 3.50. The van der Waals surface area contributed by atoms with Crippen LogP contribution in [0.5, 0.6) is 0 Å². The van der Waals surface area contributed by atoms with Gasteiger partial charge >= 0.3 is 0 Å². The molecule has 0 bridgehead atoms. The quantitative estimate of drug-likeness (QED) is 0.879. The molecule has 21 heavy (non-hydrogen) atoms. The van der Waals surface area contributed by atoms with Gasteiger partial charge in [0.15, 0.2) is 0 Å². The minimum atomic E-state index is -0.0251. The van der Waals surface area contributed by atoms with E-state index in [-0.39, 0.29) is 11.7 Å². The normalized spacial score (nSPS) is 20.0. The van der Waals surface area contributed by atoms with Gasteiger partial charge in [0, 0.05) is 37.3 Å². The Labute approximate surface area is 123 Å². The van der Waals surface area contributed by atoms with Crippen LogP contribution in [-0.2, 0) is 11.3 Å². The molecule has 2 aromatic rings. The molecule has 112 valence electrons. The maximum atomic E-state index is 12.0. The van der Waals surface area contributed by atoms with Crippen molar-refractivity contribution >= 4 is 10.9 Å². The van der Waals surface area contributed by atoms with Crippen LogP contribution in [0.3, 0.4) is 0 Å². The summed E-state index contributed by atoms with van der Waals surface area (Å²) >= 11 is 0. The molecule has 0 radical (unpaired) electrons. The van der Waals surface area contributed by atoms with Gasteiger partial charge in [0.05, 0.1) is 12.7 Å². The third-order valence-electron chi connectivity index (χ3n) is 3.86. The van der Waals surface area contributed by atoms with Crippen LogP contribution in [0.4, 0.5) is 0 Å². The average Bonchev–Trinajstić information content (AvgIpc) is 2.48. The topological polar surface area (TPSA) is 57.4 Å². The molecule has 5 nitrogen and oxygen atoms in total. The lowest BCUT2D eigenvalue weighted by Gasteiger charge is -2.30. The summed E-state index contributed by atoms with van der Waals surface area (Å²) in [5, 5.41) is 4.38. The molecule has 2 heterocycles. The SMILES string of the molecule is CN1CCOC(CNCc2cc3ccccc3[nH]c2=O)C1. The van der Waals surface area contributed by atoms with Crippen LogP contribution in [0.2, 0.25) is 0 Å². The van der Waals surface area contributed by atoms with Crippen LogP contribution < -0.4 is 10.9 Å². The van der Waals surface area contributed by atoms with Crippen LogP contribution in [0.15, 0.2) is 35.1 Å². The molecule has 5 heteroatoms. The van der Waals surface area contributed by atoms with Gasteiger partial charge in [-0.25, -0.2) is 0 Å². The highest BCUT2D eigenvalue weighted by atomic mass is 16.5. The molecular weight excluding hydrogens is 266 g/mol. The number of aromatic amines is 1. The number of hydrogen-bond acceptors (Lipinski definition) is 4. The van der Waals surface area contributed by atoms with E-state index in [0.717, 1.165) is 42.7 Å². The van der Waals surface area contributed by atoms with Crippen LogP contribution in [-0.4, -0.2) is 49.3 Å². The highest BCUT2D eigenvalue weighted by Gasteiger charge is 2.17. The van der Waals surface area contributed by atoms with E-state index < -0.39 is 0 Å². The van der Waals surface area contributed by atoms with Gasteiger partial charge in [0.25, 0.3) is 5.56 Å². The van der Waals surface area contributed by atoms with E-state index in [1.807, 2.05) is 30.3 Å². The molecule has 0 saturated carbocycles. The maximum Gasteiger partial charge on any atom is 0.252 e. The minimum Gasteiger partial charge on any atom is -0.374 e. The first-order valence-corrected chi connectivity index (χ1v) is 7.34. The van der Waals surface area contributed by atoms with Gasteiger partial charge in [-0.2, -0.15) is 0 Å². The minimum absolute atomic E-state index is 0.0251. The first-order chi connectivity index (χ1) is 10.2. The summed E-state index contributed by atoms with van der Waals surface area (Å²) in [4.78, 5) is 17.2. The number of ether oxygens (including phenoxy) is 1. The Balaban J connectivity index is 1.62. The van der Waals surface area contributed by atoms with Gasteiger partial charge in [-0.15, -0.1) is 0 Å². The van der Waals surface area contributed by atoms with Crippen LogP contribution in [0.25, 0.3) is 10.9 Å². The molecule has 0 amide bonds. The van der Waals surface area contributed by atoms with Gasteiger partial charge in [-0.3, -0.25) is 4.79 Å². The Morgan fingerprint density at radius 2 is 2.29 bits per heavy atom. The molecule has 3 rings (SSSR count). The lowest BCUT2D eigenvalue weighted by atomic mass is 10.1. The summed E-state index contributed by atoms with van der Waals surface area (Å²) in [5.41, 5.74) is 1.62. The summed E-state index contributed by atoms with van der Waals surface area (Å²) < 4.78 is 5.70. The van der Waals surface area contributed by atoms with Crippen molar-refractivity contribution in [3.05, 3.63) is 46.2 Å². The van der Waals surface area contributed by atoms with Crippen molar-refractivity contribution in [1.82, 2.24) is 15.2 Å². The molecule has 0 spiro atoms. The van der Waals surface area contributed by atoms with E-state index in [1.54, 1.807) is 0 Å². The number of rotatable bonds is 4. The number of fused-ring (bicyclic) bond motifs is 1. The molecule has 2 N–H and O–H groups in total. The molecule has 1 aromatic carbocycles. The Kier molecular flexibility index (Phi) is 4.34. The monoisotopic (exact) mass is 287 g/mol. The van der Waals surface area contributed by atoms with Crippen molar-refractivity contribution < 1.29 is 4.74 Å². The van der Waals surface area contributed by atoms with Crippen molar-refractivity contribution in [2.24, 2.45) is 0 Å². The standard InChI is InChI=1S/C16H21N3O2/c1-19-6-7-21-14(11-19)10-17-9-13-8-12-4-2-3-5-15(12)18-16(13)20/h2-5,8,14,17H,6-7,9-11H2,1H3,(H,18,20). The number of nitrogens with zero attached hydrogens (tertiary/aromatic N) is 1. The zero-order valence-corrected chi connectivity index (χ0v) is 12.3. The van der Waals surface area contributed by atoms with E-state index in [0.29, 0.717) is 6.54 Å². The number of pyridine rings is 1. The smallest absolute Gasteiger partial charge is 0.252 e. The van der Waals surface area contributed by atoms with Crippen molar-refractivity contribution in [3.8, 4) is 0 Å². The van der Waals surface area contributed by atoms with E-state index in [2.05, 4.69) is 22.2 Å². The van der Waals surface area contributed by atoms with Crippen LogP contribution in [0.1, 0.15) is 5.56 Å². The largest absolute Gasteiger partial charge is 0.374 e. The second-order valence-corrected chi connectivity index (χ2v) is 5.60. The fourth-order valence-corrected chi connectivity index (χ4v) is 2.68. The summed E-state index contributed by atoms with van der Waals surface area (Å²) in [7, 11) is 2.10. The number of para-hydroxylation sites is 1. The summed E-state index contributed by atoms with van der Waals surface area (Å²) in [6, 6.07) is 9.78. The van der Waals surface area contributed by atoms with Crippen molar-refractivity contribution in [1.29, 1.82) is 0 Å². The van der Waals surface area contributed by atoms with Gasteiger partial charge in [0.1, 0.15) is 0 Å². The molecule has 1 atom stereocenters. The Bertz CT molecular complexity index is 668. The fourth-order valence-electron chi connectivity index (χ4n) is 2.68. The molecule has 1 unspecified atom stereocenters. The first-order valence-electron chi connectivity index (χ1n) is 7.34. The predicted molar refractivity (Wildman–Crippen MR) is 83.5 cm³/mol. The van der Waals surface area contributed by atoms with Crippen LogP contribution >= 0.6 is 0 Å². The lowest BCUT2D eigenvalue weighted by Crippen LogP contribution is -2.44. The van der Waals surface area contributed by atoms with E-state index in [9.17, 15) is 4.79 Å². The highest BCUT2D eigenvalue weighted by Crippen LogP contribution is 2.10. The van der Waals surface area contributed by atoms with Crippen molar-refractivity contribution in [3.63, 3.8) is 0 Å². The Morgan fingerprint density at radius 1 is 1.43 bits per heavy atom. The van der Waals surface area contributed by atoms with E-state index in [1.165, 1.54) is 0 Å². The van der Waals surface area contributed by atoms with Gasteiger partial charge < -0.3 is 19.9 Å².